The van der Waals surface area contributed by atoms with Gasteiger partial charge in [0.15, 0.2) is 0 Å². The van der Waals surface area contributed by atoms with Crippen molar-refractivity contribution in [1.82, 2.24) is 9.80 Å². The molecule has 1 unspecified atom stereocenters. The smallest absolute Gasteiger partial charge is 0.257 e. The van der Waals surface area contributed by atoms with E-state index in [-0.39, 0.29) is 30.1 Å². The predicted molar refractivity (Wildman–Crippen MR) is 130 cm³/mol. The second-order valence-electron chi connectivity index (χ2n) is 9.88. The lowest BCUT2D eigenvalue weighted by atomic mass is 10.1. The zero-order valence-corrected chi connectivity index (χ0v) is 20.6. The molecule has 2 amide bonds. The number of rotatable bonds is 3. The van der Waals surface area contributed by atoms with Crippen molar-refractivity contribution in [3.63, 3.8) is 0 Å². The van der Waals surface area contributed by atoms with Crippen LogP contribution in [-0.2, 0) is 14.3 Å². The molecule has 3 atom stereocenters. The van der Waals surface area contributed by atoms with E-state index >= 15 is 0 Å². The van der Waals surface area contributed by atoms with E-state index in [4.69, 9.17) is 14.2 Å². The van der Waals surface area contributed by atoms with Gasteiger partial charge in [0.2, 0.25) is 5.91 Å². The number of ether oxygens (including phenoxy) is 3. The second kappa shape index (κ2) is 12.5. The number of carbonyl (C=O) groups excluding carboxylic acids is 2. The van der Waals surface area contributed by atoms with E-state index < -0.39 is 0 Å². The van der Waals surface area contributed by atoms with E-state index in [9.17, 15) is 9.59 Å². The van der Waals surface area contributed by atoms with Crippen molar-refractivity contribution in [2.24, 2.45) is 0 Å². The standard InChI is InChI=1S/C27H40N2O5/c1-28-16-8-4-2-3-5-9-17-33-24-19-29(26(30)15-14-21-11-10-18-32-21)20-25(24)34-23-13-7-6-12-22(23)27(28)31/h6-7,12-13,21,24-25H,2-5,8-11,14-20H2,1H3/t21?,24-,25-/m1/s1. The van der Waals surface area contributed by atoms with Crippen LogP contribution in [0.25, 0.3) is 0 Å². The summed E-state index contributed by atoms with van der Waals surface area (Å²) in [4.78, 5) is 29.8. The van der Waals surface area contributed by atoms with Gasteiger partial charge in [-0.2, -0.15) is 0 Å². The summed E-state index contributed by atoms with van der Waals surface area (Å²) in [6, 6.07) is 7.44. The highest BCUT2D eigenvalue weighted by Crippen LogP contribution is 2.27. The van der Waals surface area contributed by atoms with Crippen LogP contribution in [0, 0.1) is 0 Å². The van der Waals surface area contributed by atoms with Crippen LogP contribution in [0.15, 0.2) is 24.3 Å². The molecule has 0 aromatic heterocycles. The Hall–Kier alpha value is -2.12. The van der Waals surface area contributed by atoms with Gasteiger partial charge in [-0.05, 0) is 44.2 Å². The zero-order chi connectivity index (χ0) is 23.8. The average Bonchev–Trinajstić information content (AvgIpc) is 3.51. The van der Waals surface area contributed by atoms with Gasteiger partial charge >= 0.3 is 0 Å². The van der Waals surface area contributed by atoms with Crippen LogP contribution < -0.4 is 4.74 Å². The molecule has 2 saturated heterocycles. The number of nitrogens with zero attached hydrogens (tertiary/aromatic N) is 2. The Morgan fingerprint density at radius 2 is 1.68 bits per heavy atom. The molecular formula is C27H40N2O5. The first kappa shape index (κ1) is 25.0. The monoisotopic (exact) mass is 472 g/mol. The lowest BCUT2D eigenvalue weighted by molar-refractivity contribution is -0.131. The Labute approximate surface area is 203 Å². The van der Waals surface area contributed by atoms with E-state index in [2.05, 4.69) is 0 Å². The quantitative estimate of drug-likeness (QED) is 0.664. The van der Waals surface area contributed by atoms with E-state index in [1.165, 1.54) is 12.8 Å². The first-order valence-electron chi connectivity index (χ1n) is 13.1. The highest BCUT2D eigenvalue weighted by atomic mass is 16.5. The van der Waals surface area contributed by atoms with Gasteiger partial charge in [-0.1, -0.05) is 37.8 Å². The maximum atomic E-state index is 13.1. The highest BCUT2D eigenvalue weighted by Gasteiger charge is 2.38. The molecule has 0 spiro atoms. The molecule has 0 saturated carbocycles. The largest absolute Gasteiger partial charge is 0.485 e. The molecule has 34 heavy (non-hydrogen) atoms. The van der Waals surface area contributed by atoms with Crippen molar-refractivity contribution < 1.29 is 23.8 Å². The third kappa shape index (κ3) is 6.72. The number of carbonyl (C=O) groups is 2. The van der Waals surface area contributed by atoms with Gasteiger partial charge in [-0.15, -0.1) is 0 Å². The molecular weight excluding hydrogens is 432 g/mol. The Bertz CT molecular complexity index is 810. The minimum Gasteiger partial charge on any atom is -0.485 e. The molecule has 4 rings (SSSR count). The fraction of sp³-hybridized carbons (Fsp3) is 0.704. The number of para-hydroxylation sites is 1. The summed E-state index contributed by atoms with van der Waals surface area (Å²) in [6.45, 7) is 3.24. The zero-order valence-electron chi connectivity index (χ0n) is 20.6. The maximum Gasteiger partial charge on any atom is 0.257 e. The van der Waals surface area contributed by atoms with Crippen molar-refractivity contribution in [1.29, 1.82) is 0 Å². The molecule has 188 valence electrons. The van der Waals surface area contributed by atoms with Crippen molar-refractivity contribution in [3.8, 4) is 5.75 Å². The molecule has 2 fully saturated rings. The number of likely N-dealkylation sites (tertiary alicyclic amines) is 1. The van der Waals surface area contributed by atoms with Crippen molar-refractivity contribution in [2.45, 2.75) is 82.5 Å². The SMILES string of the molecule is CN1CCCCCCCCO[C@@H]2CN(C(=O)CCC3CCCO3)C[C@H]2Oc2ccccc2C1=O. The summed E-state index contributed by atoms with van der Waals surface area (Å²) < 4.78 is 18.3. The number of amides is 2. The molecule has 3 aliphatic heterocycles. The highest BCUT2D eigenvalue weighted by molar-refractivity contribution is 5.96. The summed E-state index contributed by atoms with van der Waals surface area (Å²) >= 11 is 0. The van der Waals surface area contributed by atoms with Crippen LogP contribution in [0.4, 0.5) is 0 Å². The molecule has 1 aromatic rings. The number of hydrogen-bond donors (Lipinski definition) is 0. The van der Waals surface area contributed by atoms with E-state index in [1.807, 2.05) is 36.2 Å². The first-order chi connectivity index (χ1) is 16.6. The van der Waals surface area contributed by atoms with Gasteiger partial charge in [0, 0.05) is 33.2 Å². The van der Waals surface area contributed by atoms with Crippen LogP contribution >= 0.6 is 0 Å². The Morgan fingerprint density at radius 3 is 2.50 bits per heavy atom. The molecule has 3 aliphatic rings. The molecule has 7 heteroatoms. The van der Waals surface area contributed by atoms with E-state index in [0.717, 1.165) is 58.1 Å². The summed E-state index contributed by atoms with van der Waals surface area (Å²) in [5, 5.41) is 0. The lowest BCUT2D eigenvalue weighted by Gasteiger charge is -2.24. The first-order valence-corrected chi connectivity index (χ1v) is 13.1. The molecule has 3 heterocycles. The third-order valence-corrected chi connectivity index (χ3v) is 7.23. The molecule has 0 N–H and O–H groups in total. The summed E-state index contributed by atoms with van der Waals surface area (Å²) in [6.07, 6.45) is 9.78. The fourth-order valence-electron chi connectivity index (χ4n) is 5.14. The molecule has 7 nitrogen and oxygen atoms in total. The van der Waals surface area contributed by atoms with Crippen molar-refractivity contribution in [3.05, 3.63) is 29.8 Å². The lowest BCUT2D eigenvalue weighted by Crippen LogP contribution is -2.34. The second-order valence-corrected chi connectivity index (χ2v) is 9.88. The third-order valence-electron chi connectivity index (χ3n) is 7.23. The van der Waals surface area contributed by atoms with Crippen LogP contribution in [-0.4, -0.2) is 79.8 Å². The predicted octanol–water partition coefficient (Wildman–Crippen LogP) is 4.05. The van der Waals surface area contributed by atoms with E-state index in [0.29, 0.717) is 37.4 Å². The summed E-state index contributed by atoms with van der Waals surface area (Å²) in [5.74, 6) is 0.673. The van der Waals surface area contributed by atoms with Crippen LogP contribution in [0.5, 0.6) is 5.75 Å². The Balaban J connectivity index is 1.46. The van der Waals surface area contributed by atoms with Crippen LogP contribution in [0.3, 0.4) is 0 Å². The van der Waals surface area contributed by atoms with Gasteiger partial charge in [0.25, 0.3) is 5.91 Å². The van der Waals surface area contributed by atoms with Gasteiger partial charge < -0.3 is 24.0 Å². The van der Waals surface area contributed by atoms with Crippen LogP contribution in [0.1, 0.15) is 74.6 Å². The average molecular weight is 473 g/mol. The minimum absolute atomic E-state index is 0.0253. The van der Waals surface area contributed by atoms with E-state index in [1.54, 1.807) is 4.90 Å². The van der Waals surface area contributed by atoms with Gasteiger partial charge in [0.05, 0.1) is 24.8 Å². The summed E-state index contributed by atoms with van der Waals surface area (Å²) in [7, 11) is 1.86. The van der Waals surface area contributed by atoms with Crippen molar-refractivity contribution in [2.75, 3.05) is 39.9 Å². The minimum atomic E-state index is -0.293. The van der Waals surface area contributed by atoms with Gasteiger partial charge in [-0.25, -0.2) is 0 Å². The summed E-state index contributed by atoms with van der Waals surface area (Å²) in [5.41, 5.74) is 0.569. The fourth-order valence-corrected chi connectivity index (χ4v) is 5.14. The normalized spacial score (nSPS) is 27.2. The van der Waals surface area contributed by atoms with Crippen LogP contribution in [0.2, 0.25) is 0 Å². The molecule has 0 bridgehead atoms. The number of fused-ring (bicyclic) bond motifs is 2. The van der Waals surface area contributed by atoms with Gasteiger partial charge in [-0.3, -0.25) is 9.59 Å². The Kier molecular flexibility index (Phi) is 9.22. The maximum absolute atomic E-state index is 13.1. The van der Waals surface area contributed by atoms with Crippen molar-refractivity contribution >= 4 is 11.8 Å². The number of hydrogen-bond acceptors (Lipinski definition) is 5. The molecule has 1 aromatic carbocycles. The Morgan fingerprint density at radius 1 is 0.941 bits per heavy atom. The van der Waals surface area contributed by atoms with Gasteiger partial charge in [0.1, 0.15) is 18.0 Å². The topological polar surface area (TPSA) is 68.3 Å². The molecule has 0 radical (unpaired) electrons. The molecule has 0 aliphatic carbocycles. The number of benzene rings is 1.